The summed E-state index contributed by atoms with van der Waals surface area (Å²) in [6.07, 6.45) is 5.05. The fraction of sp³-hybridized carbons (Fsp3) is 0.611. The average Bonchev–Trinajstić information content (AvgIpc) is 2.55. The summed E-state index contributed by atoms with van der Waals surface area (Å²) in [6, 6.07) is 6.01. The SMILES string of the molecule is CCOC(=O)C[C@@H]1CCCC[C@@H]1c1cc(OC)cc(OC)c1. The van der Waals surface area contributed by atoms with E-state index in [0.717, 1.165) is 24.3 Å². The number of esters is 1. The standard InChI is InChI=1S/C18H26O4/c1-4-22-18(19)11-13-7-5-6-8-17(13)14-9-15(20-2)12-16(10-14)21-3/h9-10,12-13,17H,4-8,11H2,1-3H3/t13-,17-/m0/s1. The minimum Gasteiger partial charge on any atom is -0.497 e. The Hall–Kier alpha value is -1.71. The minimum absolute atomic E-state index is 0.0886. The van der Waals surface area contributed by atoms with Crippen molar-refractivity contribution >= 4 is 5.97 Å². The van der Waals surface area contributed by atoms with Crippen molar-refractivity contribution < 1.29 is 19.0 Å². The van der Waals surface area contributed by atoms with E-state index < -0.39 is 0 Å². The molecule has 1 aromatic rings. The summed E-state index contributed by atoms with van der Waals surface area (Å²) >= 11 is 0. The molecule has 0 radical (unpaired) electrons. The van der Waals surface area contributed by atoms with Crippen LogP contribution in [-0.4, -0.2) is 26.8 Å². The predicted molar refractivity (Wildman–Crippen MR) is 85.5 cm³/mol. The third-order valence-corrected chi connectivity index (χ3v) is 4.45. The quantitative estimate of drug-likeness (QED) is 0.747. The predicted octanol–water partition coefficient (Wildman–Crippen LogP) is 3.93. The molecular formula is C18H26O4. The molecule has 1 saturated carbocycles. The zero-order valence-electron chi connectivity index (χ0n) is 13.8. The summed E-state index contributed by atoms with van der Waals surface area (Å²) in [6.45, 7) is 2.30. The van der Waals surface area contributed by atoms with Crippen molar-refractivity contribution in [1.82, 2.24) is 0 Å². The first kappa shape index (κ1) is 16.7. The Morgan fingerprint density at radius 3 is 2.32 bits per heavy atom. The van der Waals surface area contributed by atoms with Gasteiger partial charge in [0.1, 0.15) is 11.5 Å². The van der Waals surface area contributed by atoms with Gasteiger partial charge in [0.2, 0.25) is 0 Å². The third kappa shape index (κ3) is 4.15. The third-order valence-electron chi connectivity index (χ3n) is 4.45. The fourth-order valence-electron chi connectivity index (χ4n) is 3.37. The summed E-state index contributed by atoms with van der Waals surface area (Å²) in [4.78, 5) is 11.9. The van der Waals surface area contributed by atoms with Gasteiger partial charge in [-0.15, -0.1) is 0 Å². The van der Waals surface area contributed by atoms with Crippen molar-refractivity contribution in [2.75, 3.05) is 20.8 Å². The lowest BCUT2D eigenvalue weighted by Gasteiger charge is -2.31. The van der Waals surface area contributed by atoms with E-state index in [1.807, 2.05) is 13.0 Å². The molecule has 1 fully saturated rings. The average molecular weight is 306 g/mol. The Bertz CT molecular complexity index is 476. The molecule has 4 heteroatoms. The van der Waals surface area contributed by atoms with Crippen molar-refractivity contribution in [3.05, 3.63) is 23.8 Å². The maximum Gasteiger partial charge on any atom is 0.306 e. The van der Waals surface area contributed by atoms with Crippen molar-refractivity contribution in [1.29, 1.82) is 0 Å². The van der Waals surface area contributed by atoms with E-state index in [0.29, 0.717) is 24.9 Å². The molecule has 0 unspecified atom stereocenters. The van der Waals surface area contributed by atoms with Gasteiger partial charge in [-0.05, 0) is 49.3 Å². The van der Waals surface area contributed by atoms with Gasteiger partial charge in [-0.2, -0.15) is 0 Å². The second-order valence-corrected chi connectivity index (χ2v) is 5.81. The molecular weight excluding hydrogens is 280 g/mol. The van der Waals surface area contributed by atoms with Gasteiger partial charge in [-0.1, -0.05) is 12.8 Å². The number of methoxy groups -OCH3 is 2. The molecule has 0 amide bonds. The molecule has 0 bridgehead atoms. The first-order valence-electron chi connectivity index (χ1n) is 8.06. The second-order valence-electron chi connectivity index (χ2n) is 5.81. The minimum atomic E-state index is -0.0886. The molecule has 0 aliphatic heterocycles. The molecule has 0 heterocycles. The van der Waals surface area contributed by atoms with E-state index in [1.54, 1.807) is 14.2 Å². The van der Waals surface area contributed by atoms with E-state index in [4.69, 9.17) is 14.2 Å². The molecule has 1 aromatic carbocycles. The van der Waals surface area contributed by atoms with Gasteiger partial charge in [-0.25, -0.2) is 0 Å². The number of benzene rings is 1. The summed E-state index contributed by atoms with van der Waals surface area (Å²) in [5, 5.41) is 0. The maximum atomic E-state index is 11.9. The molecule has 22 heavy (non-hydrogen) atoms. The highest BCUT2D eigenvalue weighted by Gasteiger charge is 2.29. The Labute approximate surface area is 132 Å². The van der Waals surface area contributed by atoms with Gasteiger partial charge < -0.3 is 14.2 Å². The van der Waals surface area contributed by atoms with Crippen molar-refractivity contribution in [2.24, 2.45) is 5.92 Å². The molecule has 122 valence electrons. The van der Waals surface area contributed by atoms with Crippen molar-refractivity contribution in [3.8, 4) is 11.5 Å². The second kappa shape index (κ2) is 8.06. The monoisotopic (exact) mass is 306 g/mol. The highest BCUT2D eigenvalue weighted by Crippen LogP contribution is 2.41. The van der Waals surface area contributed by atoms with E-state index >= 15 is 0 Å². The highest BCUT2D eigenvalue weighted by atomic mass is 16.5. The topological polar surface area (TPSA) is 44.8 Å². The number of hydrogen-bond acceptors (Lipinski definition) is 4. The fourth-order valence-corrected chi connectivity index (χ4v) is 3.37. The van der Waals surface area contributed by atoms with E-state index in [9.17, 15) is 4.79 Å². The molecule has 0 N–H and O–H groups in total. The van der Waals surface area contributed by atoms with Crippen LogP contribution in [0.2, 0.25) is 0 Å². The summed E-state index contributed by atoms with van der Waals surface area (Å²) in [5.41, 5.74) is 1.20. The van der Waals surface area contributed by atoms with Crippen LogP contribution in [0.5, 0.6) is 11.5 Å². The molecule has 2 rings (SSSR count). The molecule has 0 aromatic heterocycles. The maximum absolute atomic E-state index is 11.9. The first-order chi connectivity index (χ1) is 10.7. The molecule has 0 saturated heterocycles. The molecule has 2 atom stereocenters. The van der Waals surface area contributed by atoms with E-state index in [1.165, 1.54) is 18.4 Å². The summed E-state index contributed by atoms with van der Waals surface area (Å²) in [5.74, 6) is 2.21. The number of ether oxygens (including phenoxy) is 3. The molecule has 0 spiro atoms. The van der Waals surface area contributed by atoms with Crippen LogP contribution >= 0.6 is 0 Å². The van der Waals surface area contributed by atoms with Crippen LogP contribution in [0.15, 0.2) is 18.2 Å². The number of carbonyl (C=O) groups excluding carboxylic acids is 1. The van der Waals surface area contributed by atoms with Crippen LogP contribution in [0, 0.1) is 5.92 Å². The van der Waals surface area contributed by atoms with E-state index in [-0.39, 0.29) is 5.97 Å². The van der Waals surface area contributed by atoms with Crippen LogP contribution in [0.1, 0.15) is 50.5 Å². The van der Waals surface area contributed by atoms with Gasteiger partial charge in [0.15, 0.2) is 0 Å². The lowest BCUT2D eigenvalue weighted by atomic mass is 9.74. The van der Waals surface area contributed by atoms with Crippen LogP contribution in [0.25, 0.3) is 0 Å². The van der Waals surface area contributed by atoms with Gasteiger partial charge in [0.25, 0.3) is 0 Å². The Morgan fingerprint density at radius 1 is 1.09 bits per heavy atom. The van der Waals surface area contributed by atoms with Gasteiger partial charge in [0.05, 0.1) is 20.8 Å². The van der Waals surface area contributed by atoms with Crippen LogP contribution in [0.4, 0.5) is 0 Å². The zero-order valence-corrected chi connectivity index (χ0v) is 13.8. The normalized spacial score (nSPS) is 21.2. The Morgan fingerprint density at radius 2 is 1.73 bits per heavy atom. The lowest BCUT2D eigenvalue weighted by Crippen LogP contribution is -2.22. The van der Waals surface area contributed by atoms with E-state index in [2.05, 4.69) is 12.1 Å². The Balaban J connectivity index is 2.21. The molecule has 1 aliphatic rings. The summed E-state index contributed by atoms with van der Waals surface area (Å²) in [7, 11) is 3.32. The van der Waals surface area contributed by atoms with Crippen LogP contribution in [0.3, 0.4) is 0 Å². The number of rotatable bonds is 6. The van der Waals surface area contributed by atoms with Crippen LogP contribution < -0.4 is 9.47 Å². The number of hydrogen-bond donors (Lipinski definition) is 0. The summed E-state index contributed by atoms with van der Waals surface area (Å²) < 4.78 is 15.9. The smallest absolute Gasteiger partial charge is 0.306 e. The molecule has 1 aliphatic carbocycles. The lowest BCUT2D eigenvalue weighted by molar-refractivity contribution is -0.144. The van der Waals surface area contributed by atoms with Gasteiger partial charge in [0, 0.05) is 12.5 Å². The van der Waals surface area contributed by atoms with Crippen LogP contribution in [-0.2, 0) is 9.53 Å². The highest BCUT2D eigenvalue weighted by molar-refractivity contribution is 5.69. The zero-order chi connectivity index (χ0) is 15.9. The largest absolute Gasteiger partial charge is 0.497 e. The number of carbonyl (C=O) groups is 1. The van der Waals surface area contributed by atoms with Crippen molar-refractivity contribution in [2.45, 2.75) is 44.9 Å². The van der Waals surface area contributed by atoms with Gasteiger partial charge in [-0.3, -0.25) is 4.79 Å². The van der Waals surface area contributed by atoms with Gasteiger partial charge >= 0.3 is 5.97 Å². The molecule has 4 nitrogen and oxygen atoms in total. The van der Waals surface area contributed by atoms with Crippen molar-refractivity contribution in [3.63, 3.8) is 0 Å². The Kier molecular flexibility index (Phi) is 6.10. The first-order valence-corrected chi connectivity index (χ1v) is 8.06.